The Balaban J connectivity index is 1.61. The molecule has 0 aromatic heterocycles. The summed E-state index contributed by atoms with van der Waals surface area (Å²) in [5, 5.41) is 3.34. The van der Waals surface area contributed by atoms with E-state index in [0.29, 0.717) is 30.9 Å². The molecule has 3 amide bonds. The first-order valence-electron chi connectivity index (χ1n) is 13.5. The Kier molecular flexibility index (Phi) is 9.74. The zero-order chi connectivity index (χ0) is 30.8. The summed E-state index contributed by atoms with van der Waals surface area (Å²) in [6, 6.07) is 7.52. The Morgan fingerprint density at radius 2 is 1.76 bits per heavy atom. The van der Waals surface area contributed by atoms with E-state index in [1.165, 1.54) is 17.0 Å². The number of halogens is 5. The van der Waals surface area contributed by atoms with Gasteiger partial charge in [-0.25, -0.2) is 9.59 Å². The number of carbonyl (C=O) groups excluding carboxylic acids is 3. The average Bonchev–Trinajstić information content (AvgIpc) is 2.94. The van der Waals surface area contributed by atoms with Crippen LogP contribution in [0.1, 0.15) is 48.3 Å². The molecule has 2 aromatic rings. The topological polar surface area (TPSA) is 82.2 Å². The van der Waals surface area contributed by atoms with Gasteiger partial charge in [0.1, 0.15) is 0 Å². The molecule has 1 fully saturated rings. The van der Waals surface area contributed by atoms with Crippen molar-refractivity contribution in [3.63, 3.8) is 0 Å². The number of urea groups is 1. The van der Waals surface area contributed by atoms with Crippen LogP contribution in [0, 0.1) is 0 Å². The number of hydrogen-bond acceptors (Lipinski definition) is 5. The van der Waals surface area contributed by atoms with Crippen LogP contribution in [-0.4, -0.2) is 78.0 Å². The monoisotopic (exact) mass is 626 g/mol. The lowest BCUT2D eigenvalue weighted by Crippen LogP contribution is -2.56. The van der Waals surface area contributed by atoms with Crippen molar-refractivity contribution in [3.8, 4) is 0 Å². The molecule has 2 aliphatic rings. The maximum absolute atomic E-state index is 13.4. The molecule has 1 N–H and O–H groups in total. The van der Waals surface area contributed by atoms with Crippen molar-refractivity contribution in [1.82, 2.24) is 20.0 Å². The number of nitrogens with zero attached hydrogens (tertiary/aromatic N) is 3. The Bertz CT molecular complexity index is 1380. The van der Waals surface area contributed by atoms with E-state index in [1.807, 2.05) is 11.8 Å². The summed E-state index contributed by atoms with van der Waals surface area (Å²) in [6.07, 6.45) is -4.49. The van der Waals surface area contributed by atoms with Gasteiger partial charge in [-0.15, -0.1) is 0 Å². The number of nitrogens with one attached hydrogen (secondary N) is 1. The van der Waals surface area contributed by atoms with Crippen LogP contribution in [0.15, 0.2) is 53.7 Å². The van der Waals surface area contributed by atoms with Gasteiger partial charge >= 0.3 is 18.2 Å². The van der Waals surface area contributed by atoms with Crippen LogP contribution in [0.5, 0.6) is 0 Å². The fraction of sp³-hybridized carbons (Fsp3) is 0.414. The molecule has 8 nitrogen and oxygen atoms in total. The van der Waals surface area contributed by atoms with Gasteiger partial charge in [-0.2, -0.15) is 13.2 Å². The third-order valence-corrected chi connectivity index (χ3v) is 8.18. The number of likely N-dealkylation sites (N-methyl/N-ethyl adjacent to an activating group) is 1. The smallest absolute Gasteiger partial charge is 0.416 e. The van der Waals surface area contributed by atoms with Crippen molar-refractivity contribution in [3.05, 3.63) is 80.5 Å². The van der Waals surface area contributed by atoms with Crippen molar-refractivity contribution in [2.45, 2.75) is 39.0 Å². The zero-order valence-corrected chi connectivity index (χ0v) is 24.8. The molecule has 1 saturated heterocycles. The summed E-state index contributed by atoms with van der Waals surface area (Å²) in [4.78, 5) is 44.9. The van der Waals surface area contributed by atoms with E-state index in [4.69, 9.17) is 27.9 Å². The van der Waals surface area contributed by atoms with Crippen LogP contribution in [0.2, 0.25) is 10.0 Å². The summed E-state index contributed by atoms with van der Waals surface area (Å²) in [5.41, 5.74) is 0.484. The van der Waals surface area contributed by atoms with Crippen molar-refractivity contribution >= 4 is 41.1 Å². The van der Waals surface area contributed by atoms with Gasteiger partial charge in [0.25, 0.3) is 5.91 Å². The summed E-state index contributed by atoms with van der Waals surface area (Å²) in [5.74, 6) is -0.971. The molecular formula is C29H31Cl2F3N4O4. The van der Waals surface area contributed by atoms with Gasteiger partial charge in [-0.3, -0.25) is 14.6 Å². The highest BCUT2D eigenvalue weighted by atomic mass is 35.5. The lowest BCUT2D eigenvalue weighted by atomic mass is 9.93. The van der Waals surface area contributed by atoms with E-state index in [0.717, 1.165) is 12.1 Å². The number of rotatable bonds is 7. The highest BCUT2D eigenvalue weighted by Gasteiger charge is 2.40. The molecule has 226 valence electrons. The highest BCUT2D eigenvalue weighted by molar-refractivity contribution is 6.42. The SMILES string of the molecule is CCOC(=O)C1=C(CN2CCN(C(=O)c3ccc(C(F)(F)F)cc3)C(C)C2)N(CC)C(=O)NC1c1cccc(Cl)c1Cl. The minimum absolute atomic E-state index is 0.119. The maximum atomic E-state index is 13.4. The number of esters is 1. The number of amides is 3. The average molecular weight is 627 g/mol. The molecule has 2 heterocycles. The van der Waals surface area contributed by atoms with Gasteiger partial charge in [0.2, 0.25) is 0 Å². The van der Waals surface area contributed by atoms with Crippen LogP contribution < -0.4 is 5.32 Å². The Morgan fingerprint density at radius 1 is 1.07 bits per heavy atom. The third-order valence-electron chi connectivity index (χ3n) is 7.35. The number of alkyl halides is 3. The number of ether oxygens (including phenoxy) is 1. The highest BCUT2D eigenvalue weighted by Crippen LogP contribution is 2.38. The number of carbonyl (C=O) groups is 3. The van der Waals surface area contributed by atoms with Crippen LogP contribution >= 0.6 is 23.2 Å². The molecule has 0 radical (unpaired) electrons. The lowest BCUT2D eigenvalue weighted by molar-refractivity contribution is -0.139. The number of piperazine rings is 1. The Labute approximate surface area is 252 Å². The summed E-state index contributed by atoms with van der Waals surface area (Å²) in [6.45, 7) is 7.02. The zero-order valence-electron chi connectivity index (χ0n) is 23.3. The van der Waals surface area contributed by atoms with Crippen molar-refractivity contribution in [2.24, 2.45) is 0 Å². The molecular weight excluding hydrogens is 596 g/mol. The minimum atomic E-state index is -4.49. The van der Waals surface area contributed by atoms with Crippen LogP contribution in [-0.2, 0) is 15.7 Å². The van der Waals surface area contributed by atoms with E-state index in [2.05, 4.69) is 5.32 Å². The van der Waals surface area contributed by atoms with Gasteiger partial charge in [0.05, 0.1) is 33.8 Å². The summed E-state index contributed by atoms with van der Waals surface area (Å²) >= 11 is 12.8. The van der Waals surface area contributed by atoms with Crippen LogP contribution in [0.25, 0.3) is 0 Å². The molecule has 2 atom stereocenters. The first-order chi connectivity index (χ1) is 19.9. The van der Waals surface area contributed by atoms with E-state index < -0.39 is 29.8 Å². The van der Waals surface area contributed by atoms with Gasteiger partial charge in [0, 0.05) is 50.0 Å². The molecule has 0 saturated carbocycles. The minimum Gasteiger partial charge on any atom is -0.463 e. The second-order valence-electron chi connectivity index (χ2n) is 10.0. The summed E-state index contributed by atoms with van der Waals surface area (Å²) < 4.78 is 44.3. The fourth-order valence-corrected chi connectivity index (χ4v) is 5.71. The lowest BCUT2D eigenvalue weighted by Gasteiger charge is -2.43. The van der Waals surface area contributed by atoms with E-state index in [1.54, 1.807) is 36.9 Å². The van der Waals surface area contributed by atoms with E-state index >= 15 is 0 Å². The number of hydrogen-bond donors (Lipinski definition) is 1. The molecule has 0 bridgehead atoms. The predicted octanol–water partition coefficient (Wildman–Crippen LogP) is 5.76. The predicted molar refractivity (Wildman–Crippen MR) is 152 cm³/mol. The largest absolute Gasteiger partial charge is 0.463 e. The third kappa shape index (κ3) is 6.53. The maximum Gasteiger partial charge on any atom is 0.416 e. The molecule has 2 aromatic carbocycles. The molecule has 2 unspecified atom stereocenters. The first kappa shape index (κ1) is 31.7. The van der Waals surface area contributed by atoms with Crippen LogP contribution in [0.3, 0.4) is 0 Å². The first-order valence-corrected chi connectivity index (χ1v) is 14.3. The molecule has 4 rings (SSSR count). The van der Waals surface area contributed by atoms with Gasteiger partial charge < -0.3 is 15.0 Å². The van der Waals surface area contributed by atoms with Crippen molar-refractivity contribution < 1.29 is 32.3 Å². The van der Waals surface area contributed by atoms with Gasteiger partial charge in [-0.05, 0) is 56.7 Å². The normalized spacial score (nSPS) is 20.0. The standard InChI is InChI=1S/C29H31Cl2F3N4O4/c1-4-37-22(23(27(40)42-5-2)25(35-28(37)41)20-7-6-8-21(30)24(20)31)16-36-13-14-38(17(3)15-36)26(39)18-9-11-19(12-10-18)29(32,33)34/h6-12,17,25H,4-5,13-16H2,1-3H3,(H,35,41). The molecule has 2 aliphatic heterocycles. The quantitative estimate of drug-likeness (QED) is 0.395. The second kappa shape index (κ2) is 12.9. The van der Waals surface area contributed by atoms with Crippen molar-refractivity contribution in [1.29, 1.82) is 0 Å². The van der Waals surface area contributed by atoms with Gasteiger partial charge in [0.15, 0.2) is 0 Å². The van der Waals surface area contributed by atoms with E-state index in [9.17, 15) is 27.6 Å². The van der Waals surface area contributed by atoms with Gasteiger partial charge in [-0.1, -0.05) is 35.3 Å². The Hall–Kier alpha value is -3.28. The van der Waals surface area contributed by atoms with Crippen molar-refractivity contribution in [2.75, 3.05) is 39.3 Å². The summed E-state index contributed by atoms with van der Waals surface area (Å²) in [7, 11) is 0. The van der Waals surface area contributed by atoms with E-state index in [-0.39, 0.29) is 52.8 Å². The molecule has 0 spiro atoms. The number of benzene rings is 2. The fourth-order valence-electron chi connectivity index (χ4n) is 5.29. The second-order valence-corrected chi connectivity index (χ2v) is 10.8. The molecule has 13 heteroatoms. The Morgan fingerprint density at radius 3 is 2.36 bits per heavy atom. The van der Waals surface area contributed by atoms with Crippen LogP contribution in [0.4, 0.5) is 18.0 Å². The molecule has 42 heavy (non-hydrogen) atoms. The molecule has 0 aliphatic carbocycles.